The molecule has 0 unspecified atom stereocenters. The van der Waals surface area contributed by atoms with Gasteiger partial charge in [-0.15, -0.1) is 0 Å². The van der Waals surface area contributed by atoms with Crippen LogP contribution < -0.4 is 4.74 Å². The van der Waals surface area contributed by atoms with Gasteiger partial charge in [-0.05, 0) is 69.0 Å². The maximum atomic E-state index is 12.0. The number of benzene rings is 3. The smallest absolute Gasteiger partial charge is 0.199 e. The van der Waals surface area contributed by atoms with Gasteiger partial charge in [0.25, 0.3) is 0 Å². The topological polar surface area (TPSA) is 77.9 Å². The van der Waals surface area contributed by atoms with E-state index in [4.69, 9.17) is 9.73 Å². The van der Waals surface area contributed by atoms with Crippen LogP contribution in [0.1, 0.15) is 34.0 Å². The number of carbonyl (C=O) groups is 1. The Balaban J connectivity index is 1.92. The number of hydrogen-bond acceptors (Lipinski definition) is 5. The lowest BCUT2D eigenvalue weighted by Crippen LogP contribution is -2.10. The molecule has 1 heterocycles. The van der Waals surface area contributed by atoms with Gasteiger partial charge in [0.05, 0.1) is 24.1 Å². The second-order valence-corrected chi connectivity index (χ2v) is 8.26. The van der Waals surface area contributed by atoms with Crippen molar-refractivity contribution in [3.63, 3.8) is 0 Å². The van der Waals surface area contributed by atoms with Crippen LogP contribution in [0, 0.1) is 0 Å². The summed E-state index contributed by atoms with van der Waals surface area (Å²) >= 11 is 0. The molecule has 0 bridgehead atoms. The Morgan fingerprint density at radius 1 is 1.03 bits per heavy atom. The van der Waals surface area contributed by atoms with E-state index in [-0.39, 0.29) is 11.7 Å². The predicted octanol–water partition coefficient (Wildman–Crippen LogP) is 5.32. The van der Waals surface area contributed by atoms with Gasteiger partial charge in [-0.3, -0.25) is 4.79 Å². The number of aliphatic imine (C=N–C) groups is 1. The van der Waals surface area contributed by atoms with E-state index in [0.717, 1.165) is 28.7 Å². The van der Waals surface area contributed by atoms with E-state index in [1.54, 1.807) is 25.3 Å². The molecule has 3 aromatic carbocycles. The van der Waals surface area contributed by atoms with E-state index in [1.165, 1.54) is 12.5 Å². The molecular formula is C27H27N3O3. The van der Waals surface area contributed by atoms with E-state index in [0.29, 0.717) is 22.6 Å². The van der Waals surface area contributed by atoms with Crippen molar-refractivity contribution in [2.24, 2.45) is 4.99 Å². The van der Waals surface area contributed by atoms with Crippen LogP contribution in [-0.4, -0.2) is 47.7 Å². The Hall–Kier alpha value is -3.90. The number of rotatable bonds is 7. The number of Topliss-reactive ketones (excluding diaryl/α,β-unsaturated/α-hetero) is 1. The first kappa shape index (κ1) is 22.3. The third-order valence-corrected chi connectivity index (χ3v) is 5.44. The van der Waals surface area contributed by atoms with E-state index in [2.05, 4.69) is 9.88 Å². The first-order chi connectivity index (χ1) is 15.9. The molecule has 0 aliphatic rings. The van der Waals surface area contributed by atoms with Crippen molar-refractivity contribution in [1.29, 1.82) is 0 Å². The molecule has 1 aromatic heterocycles. The van der Waals surface area contributed by atoms with Gasteiger partial charge < -0.3 is 19.7 Å². The van der Waals surface area contributed by atoms with Crippen LogP contribution in [0.2, 0.25) is 0 Å². The fourth-order valence-electron chi connectivity index (χ4n) is 3.84. The summed E-state index contributed by atoms with van der Waals surface area (Å²) in [5.41, 5.74) is 5.15. The predicted molar refractivity (Wildman–Crippen MR) is 132 cm³/mol. The summed E-state index contributed by atoms with van der Waals surface area (Å²) in [4.78, 5) is 22.1. The van der Waals surface area contributed by atoms with Gasteiger partial charge in [0.15, 0.2) is 11.7 Å². The Labute approximate surface area is 193 Å². The van der Waals surface area contributed by atoms with Gasteiger partial charge in [-0.2, -0.15) is 0 Å². The maximum Gasteiger partial charge on any atom is 0.199 e. The number of H-pyrrole nitrogens is 1. The van der Waals surface area contributed by atoms with Crippen molar-refractivity contribution in [1.82, 2.24) is 9.88 Å². The molecule has 6 heteroatoms. The highest BCUT2D eigenvalue weighted by atomic mass is 16.5. The summed E-state index contributed by atoms with van der Waals surface area (Å²) in [5, 5.41) is 11.6. The van der Waals surface area contributed by atoms with Gasteiger partial charge >= 0.3 is 0 Å². The van der Waals surface area contributed by atoms with Crippen LogP contribution in [-0.2, 0) is 6.54 Å². The van der Waals surface area contributed by atoms with Crippen molar-refractivity contribution in [3.8, 4) is 11.6 Å². The number of nitrogens with one attached hydrogen (secondary N) is 1. The second kappa shape index (κ2) is 9.30. The zero-order valence-corrected chi connectivity index (χ0v) is 19.2. The highest BCUT2D eigenvalue weighted by Gasteiger charge is 2.20. The standard InChI is InChI=1S/C27H27N3O3/c1-17(31)19-10-13-24-23(15-19)25(27(32)29-24)26(20-6-5-7-22(14-20)33-4)28-21-11-8-18(9-12-21)16-30(2)3/h5-15,29,32H,16H2,1-4H3. The van der Waals surface area contributed by atoms with E-state index in [1.807, 2.05) is 62.6 Å². The average Bonchev–Trinajstić information content (AvgIpc) is 3.13. The molecule has 0 radical (unpaired) electrons. The van der Waals surface area contributed by atoms with E-state index < -0.39 is 0 Å². The lowest BCUT2D eigenvalue weighted by Gasteiger charge is -2.11. The number of hydrogen-bond donors (Lipinski definition) is 2. The van der Waals surface area contributed by atoms with Crippen LogP contribution in [0.3, 0.4) is 0 Å². The van der Waals surface area contributed by atoms with Crippen molar-refractivity contribution in [2.45, 2.75) is 13.5 Å². The molecule has 4 rings (SSSR count). The summed E-state index contributed by atoms with van der Waals surface area (Å²) in [5.74, 6) is 0.640. The van der Waals surface area contributed by atoms with Crippen LogP contribution in [0.15, 0.2) is 71.7 Å². The molecule has 33 heavy (non-hydrogen) atoms. The molecule has 2 N–H and O–H groups in total. The Kier molecular flexibility index (Phi) is 6.29. The number of fused-ring (bicyclic) bond motifs is 1. The molecule has 0 atom stereocenters. The number of nitrogens with zero attached hydrogens (tertiary/aromatic N) is 2. The minimum Gasteiger partial charge on any atom is -0.497 e. The van der Waals surface area contributed by atoms with Crippen molar-refractivity contribution >= 4 is 28.1 Å². The summed E-state index contributed by atoms with van der Waals surface area (Å²) < 4.78 is 5.42. The van der Waals surface area contributed by atoms with Gasteiger partial charge in [0, 0.05) is 28.6 Å². The first-order valence-corrected chi connectivity index (χ1v) is 10.7. The quantitative estimate of drug-likeness (QED) is 0.301. The zero-order chi connectivity index (χ0) is 23.5. The number of ketones is 1. The Morgan fingerprint density at radius 2 is 1.79 bits per heavy atom. The molecule has 0 saturated heterocycles. The molecular weight excluding hydrogens is 414 g/mol. The Bertz CT molecular complexity index is 1330. The number of aromatic amines is 1. The fraction of sp³-hybridized carbons (Fsp3) is 0.185. The van der Waals surface area contributed by atoms with Crippen LogP contribution in [0.4, 0.5) is 5.69 Å². The van der Waals surface area contributed by atoms with E-state index >= 15 is 0 Å². The molecule has 0 spiro atoms. The van der Waals surface area contributed by atoms with E-state index in [9.17, 15) is 9.90 Å². The van der Waals surface area contributed by atoms with Gasteiger partial charge in [-0.1, -0.05) is 24.3 Å². The summed E-state index contributed by atoms with van der Waals surface area (Å²) in [6, 6.07) is 20.9. The summed E-state index contributed by atoms with van der Waals surface area (Å²) in [6.07, 6.45) is 0. The highest BCUT2D eigenvalue weighted by Crippen LogP contribution is 2.33. The molecule has 0 amide bonds. The number of methoxy groups -OCH3 is 1. The summed E-state index contributed by atoms with van der Waals surface area (Å²) in [7, 11) is 5.67. The summed E-state index contributed by atoms with van der Waals surface area (Å²) in [6.45, 7) is 2.36. The second-order valence-electron chi connectivity index (χ2n) is 8.26. The molecule has 0 saturated carbocycles. The third kappa shape index (κ3) is 4.81. The van der Waals surface area contributed by atoms with Crippen LogP contribution >= 0.6 is 0 Å². The lowest BCUT2D eigenvalue weighted by atomic mass is 9.99. The monoisotopic (exact) mass is 441 g/mol. The average molecular weight is 442 g/mol. The molecule has 0 aliphatic carbocycles. The fourth-order valence-corrected chi connectivity index (χ4v) is 3.84. The molecule has 0 aliphatic heterocycles. The van der Waals surface area contributed by atoms with Crippen LogP contribution in [0.25, 0.3) is 10.9 Å². The number of aromatic hydroxyl groups is 1. The molecule has 4 aromatic rings. The van der Waals surface area contributed by atoms with Crippen molar-refractivity contribution < 1.29 is 14.6 Å². The first-order valence-electron chi connectivity index (χ1n) is 10.7. The van der Waals surface area contributed by atoms with Crippen LogP contribution in [0.5, 0.6) is 11.6 Å². The zero-order valence-electron chi connectivity index (χ0n) is 19.2. The minimum absolute atomic E-state index is 0.00324. The normalized spacial score (nSPS) is 11.8. The SMILES string of the molecule is COc1cccc(C(=Nc2ccc(CN(C)C)cc2)c2c(O)[nH]c3ccc(C(C)=O)cc23)c1. The van der Waals surface area contributed by atoms with Crippen molar-refractivity contribution in [2.75, 3.05) is 21.2 Å². The largest absolute Gasteiger partial charge is 0.497 e. The molecule has 6 nitrogen and oxygen atoms in total. The van der Waals surface area contributed by atoms with Gasteiger partial charge in [0.2, 0.25) is 0 Å². The number of ether oxygens (including phenoxy) is 1. The molecule has 0 fully saturated rings. The number of aromatic nitrogens is 1. The van der Waals surface area contributed by atoms with Gasteiger partial charge in [-0.25, -0.2) is 4.99 Å². The Morgan fingerprint density at radius 3 is 2.45 bits per heavy atom. The minimum atomic E-state index is -0.0418. The maximum absolute atomic E-state index is 12.0. The highest BCUT2D eigenvalue weighted by molar-refractivity contribution is 6.22. The third-order valence-electron chi connectivity index (χ3n) is 5.44. The lowest BCUT2D eigenvalue weighted by molar-refractivity contribution is 0.101. The van der Waals surface area contributed by atoms with Gasteiger partial charge in [0.1, 0.15) is 5.75 Å². The number of carbonyl (C=O) groups excluding carboxylic acids is 1. The van der Waals surface area contributed by atoms with Crippen molar-refractivity contribution in [3.05, 3.63) is 89.0 Å². The molecule has 168 valence electrons.